The summed E-state index contributed by atoms with van der Waals surface area (Å²) in [5, 5.41) is 0. The molecule has 0 saturated carbocycles. The zero-order valence-corrected chi connectivity index (χ0v) is 16.4. The molecule has 1 aliphatic rings. The van der Waals surface area contributed by atoms with Gasteiger partial charge in [-0.25, -0.2) is 9.37 Å². The average molecular weight is 386 g/mol. The molecule has 0 bridgehead atoms. The molecule has 29 heavy (non-hydrogen) atoms. The van der Waals surface area contributed by atoms with Gasteiger partial charge in [-0.2, -0.15) is 0 Å². The maximum atomic E-state index is 13.5. The van der Waals surface area contributed by atoms with Crippen molar-refractivity contribution in [3.8, 4) is 22.5 Å². The van der Waals surface area contributed by atoms with Crippen LogP contribution in [0.25, 0.3) is 28.2 Å². The van der Waals surface area contributed by atoms with Gasteiger partial charge in [0.15, 0.2) is 0 Å². The van der Waals surface area contributed by atoms with E-state index in [1.807, 2.05) is 12.1 Å². The smallest absolute Gasteiger partial charge is 0.138 e. The number of likely N-dealkylation sites (tertiary alicyclic amines) is 1. The number of fused-ring (bicyclic) bond motifs is 1. The molecular formula is C24H23FN4. The highest BCUT2D eigenvalue weighted by Crippen LogP contribution is 2.34. The van der Waals surface area contributed by atoms with E-state index >= 15 is 0 Å². The van der Waals surface area contributed by atoms with E-state index in [9.17, 15) is 4.39 Å². The molecule has 0 spiro atoms. The van der Waals surface area contributed by atoms with Gasteiger partial charge >= 0.3 is 0 Å². The van der Waals surface area contributed by atoms with Crippen molar-refractivity contribution in [2.75, 3.05) is 20.1 Å². The number of rotatable bonds is 3. The summed E-state index contributed by atoms with van der Waals surface area (Å²) in [7, 11) is 2.18. The Balaban J connectivity index is 1.65. The summed E-state index contributed by atoms with van der Waals surface area (Å²) in [5.74, 6) is 0.332. The maximum absolute atomic E-state index is 13.5. The Morgan fingerprint density at radius 2 is 1.66 bits per heavy atom. The summed E-state index contributed by atoms with van der Waals surface area (Å²) in [4.78, 5) is 11.5. The van der Waals surface area contributed by atoms with Crippen LogP contribution in [0.4, 0.5) is 4.39 Å². The van der Waals surface area contributed by atoms with Crippen LogP contribution in [0.2, 0.25) is 0 Å². The molecular weight excluding hydrogens is 363 g/mol. The van der Waals surface area contributed by atoms with Crippen LogP contribution < -0.4 is 0 Å². The van der Waals surface area contributed by atoms with Crippen molar-refractivity contribution >= 4 is 5.65 Å². The topological polar surface area (TPSA) is 33.4 Å². The van der Waals surface area contributed by atoms with Crippen LogP contribution in [0.15, 0.2) is 67.1 Å². The van der Waals surface area contributed by atoms with Gasteiger partial charge in [0.1, 0.15) is 11.5 Å². The number of pyridine rings is 2. The molecule has 4 heterocycles. The van der Waals surface area contributed by atoms with Crippen molar-refractivity contribution in [3.05, 3.63) is 78.5 Å². The Kier molecular flexibility index (Phi) is 4.60. The molecule has 0 amide bonds. The predicted octanol–water partition coefficient (Wildman–Crippen LogP) is 5.01. The van der Waals surface area contributed by atoms with Crippen molar-refractivity contribution < 1.29 is 4.39 Å². The van der Waals surface area contributed by atoms with Gasteiger partial charge in [0.2, 0.25) is 0 Å². The minimum atomic E-state index is -0.243. The molecule has 5 heteroatoms. The van der Waals surface area contributed by atoms with Gasteiger partial charge in [0, 0.05) is 29.7 Å². The number of hydrogen-bond donors (Lipinski definition) is 0. The third kappa shape index (κ3) is 3.42. The lowest BCUT2D eigenvalue weighted by Crippen LogP contribution is -2.29. The lowest BCUT2D eigenvalue weighted by atomic mass is 9.90. The molecule has 0 aliphatic carbocycles. The summed E-state index contributed by atoms with van der Waals surface area (Å²) in [5.41, 5.74) is 6.08. The van der Waals surface area contributed by atoms with E-state index in [0.717, 1.165) is 41.3 Å². The van der Waals surface area contributed by atoms with E-state index in [4.69, 9.17) is 4.98 Å². The molecule has 0 atom stereocenters. The summed E-state index contributed by atoms with van der Waals surface area (Å²) >= 11 is 0. The molecule has 0 radical (unpaired) electrons. The summed E-state index contributed by atoms with van der Waals surface area (Å²) in [6, 6.07) is 15.0. The van der Waals surface area contributed by atoms with Crippen molar-refractivity contribution in [1.82, 2.24) is 19.3 Å². The van der Waals surface area contributed by atoms with E-state index < -0.39 is 0 Å². The first kappa shape index (κ1) is 18.0. The third-order valence-corrected chi connectivity index (χ3v) is 5.91. The van der Waals surface area contributed by atoms with E-state index in [0.29, 0.717) is 5.92 Å². The standard InChI is InChI=1S/C24H23FN4/c1-28-13-8-17(9-14-28)20-10-15-29-22(16-20)27-23(18-2-4-21(25)5-3-18)24(29)19-6-11-26-12-7-19/h2-7,10-12,15-17H,8-9,13-14H2,1H3. The van der Waals surface area contributed by atoms with Crippen molar-refractivity contribution in [1.29, 1.82) is 0 Å². The molecule has 1 fully saturated rings. The van der Waals surface area contributed by atoms with Gasteiger partial charge in [0.05, 0.1) is 11.4 Å². The van der Waals surface area contributed by atoms with Gasteiger partial charge in [-0.1, -0.05) is 0 Å². The number of nitrogens with zero attached hydrogens (tertiary/aromatic N) is 4. The van der Waals surface area contributed by atoms with Crippen LogP contribution in [-0.4, -0.2) is 39.4 Å². The minimum absolute atomic E-state index is 0.243. The van der Waals surface area contributed by atoms with Crippen LogP contribution in [-0.2, 0) is 0 Å². The summed E-state index contributed by atoms with van der Waals surface area (Å²) < 4.78 is 15.6. The summed E-state index contributed by atoms with van der Waals surface area (Å²) in [6.45, 7) is 2.26. The number of benzene rings is 1. The molecule has 146 valence electrons. The van der Waals surface area contributed by atoms with Crippen LogP contribution in [0, 0.1) is 5.82 Å². The molecule has 1 saturated heterocycles. The maximum Gasteiger partial charge on any atom is 0.138 e. The van der Waals surface area contributed by atoms with Gasteiger partial charge in [-0.15, -0.1) is 0 Å². The van der Waals surface area contributed by atoms with E-state index in [-0.39, 0.29) is 5.82 Å². The highest BCUT2D eigenvalue weighted by molar-refractivity contribution is 5.82. The fourth-order valence-corrected chi connectivity index (χ4v) is 4.25. The molecule has 1 aromatic carbocycles. The first-order valence-electron chi connectivity index (χ1n) is 10.1. The van der Waals surface area contributed by atoms with Gasteiger partial charge in [0.25, 0.3) is 0 Å². The number of piperidine rings is 1. The Morgan fingerprint density at radius 3 is 2.38 bits per heavy atom. The lowest BCUT2D eigenvalue weighted by Gasteiger charge is -2.29. The Morgan fingerprint density at radius 1 is 0.931 bits per heavy atom. The highest BCUT2D eigenvalue weighted by Gasteiger charge is 2.21. The van der Waals surface area contributed by atoms with Crippen molar-refractivity contribution in [3.63, 3.8) is 0 Å². The quantitative estimate of drug-likeness (QED) is 0.496. The fourth-order valence-electron chi connectivity index (χ4n) is 4.25. The Labute approximate surface area is 169 Å². The van der Waals surface area contributed by atoms with Crippen LogP contribution in [0.3, 0.4) is 0 Å². The molecule has 0 unspecified atom stereocenters. The zero-order valence-electron chi connectivity index (χ0n) is 16.4. The van der Waals surface area contributed by atoms with E-state index in [1.165, 1.54) is 30.5 Å². The predicted molar refractivity (Wildman–Crippen MR) is 113 cm³/mol. The van der Waals surface area contributed by atoms with Crippen LogP contribution >= 0.6 is 0 Å². The highest BCUT2D eigenvalue weighted by atomic mass is 19.1. The molecule has 4 aromatic rings. The van der Waals surface area contributed by atoms with Crippen LogP contribution in [0.1, 0.15) is 24.3 Å². The fraction of sp³-hybridized carbons (Fsp3) is 0.250. The number of aromatic nitrogens is 3. The Hall–Kier alpha value is -3.05. The monoisotopic (exact) mass is 386 g/mol. The van der Waals surface area contributed by atoms with Crippen molar-refractivity contribution in [2.45, 2.75) is 18.8 Å². The molecule has 0 N–H and O–H groups in total. The lowest BCUT2D eigenvalue weighted by molar-refractivity contribution is 0.255. The molecule has 4 nitrogen and oxygen atoms in total. The zero-order chi connectivity index (χ0) is 19.8. The second kappa shape index (κ2) is 7.41. The van der Waals surface area contributed by atoms with Gasteiger partial charge in [-0.05, 0) is 93.0 Å². The first-order valence-corrected chi connectivity index (χ1v) is 10.1. The summed E-state index contributed by atoms with van der Waals surface area (Å²) in [6.07, 6.45) is 8.05. The molecule has 3 aromatic heterocycles. The minimum Gasteiger partial charge on any atom is -0.306 e. The largest absolute Gasteiger partial charge is 0.306 e. The number of imidazole rings is 1. The van der Waals surface area contributed by atoms with E-state index in [1.54, 1.807) is 24.5 Å². The normalized spacial score (nSPS) is 15.8. The molecule has 1 aliphatic heterocycles. The van der Waals surface area contributed by atoms with Crippen molar-refractivity contribution in [2.24, 2.45) is 0 Å². The van der Waals surface area contributed by atoms with E-state index in [2.05, 4.69) is 39.7 Å². The number of hydrogen-bond acceptors (Lipinski definition) is 3. The average Bonchev–Trinajstić information content (AvgIpc) is 3.14. The Bertz CT molecular complexity index is 1130. The second-order valence-corrected chi connectivity index (χ2v) is 7.82. The third-order valence-electron chi connectivity index (χ3n) is 5.91. The second-order valence-electron chi connectivity index (χ2n) is 7.82. The van der Waals surface area contributed by atoms with Gasteiger partial charge in [-0.3, -0.25) is 9.38 Å². The molecule has 5 rings (SSSR count). The number of halogens is 1. The SMILES string of the molecule is CN1CCC(c2ccn3c(-c4ccncc4)c(-c4ccc(F)cc4)nc3c2)CC1. The van der Waals surface area contributed by atoms with Crippen LogP contribution in [0.5, 0.6) is 0 Å². The first-order chi connectivity index (χ1) is 14.2. The van der Waals surface area contributed by atoms with Gasteiger partial charge < -0.3 is 4.90 Å².